The number of aldehydes is 1. The molecule has 0 fully saturated rings. The monoisotopic (exact) mass is 387 g/mol. The number of rotatable bonds is 6. The average molecular weight is 387 g/mol. The Morgan fingerprint density at radius 1 is 1.38 bits per heavy atom. The molecule has 0 radical (unpaired) electrons. The van der Waals surface area contributed by atoms with Crippen LogP contribution in [-0.4, -0.2) is 32.5 Å². The number of aromatic hydroxyl groups is 1. The number of fused-ring (bicyclic) bond motifs is 1. The lowest BCUT2D eigenvalue weighted by atomic mass is 10.2. The molecule has 26 heavy (non-hydrogen) atoms. The van der Waals surface area contributed by atoms with Crippen LogP contribution in [0.3, 0.4) is 0 Å². The van der Waals surface area contributed by atoms with E-state index in [1.807, 2.05) is 0 Å². The Bertz CT molecular complexity index is 971. The molecule has 3 aromatic rings. The molecule has 2 N–H and O–H groups in total. The van der Waals surface area contributed by atoms with Crippen molar-refractivity contribution in [3.8, 4) is 5.75 Å². The SMILES string of the molecule is CCc1cc2c(SC(C)C(=O)Nc3cc(C=O)ccc3O)ncnc2s1. The molecule has 0 saturated carbocycles. The molecule has 6 nitrogen and oxygen atoms in total. The molecule has 1 atom stereocenters. The molecule has 0 aliphatic heterocycles. The number of benzene rings is 1. The van der Waals surface area contributed by atoms with Crippen molar-refractivity contribution in [1.82, 2.24) is 9.97 Å². The number of nitrogens with one attached hydrogen (secondary N) is 1. The van der Waals surface area contributed by atoms with Crippen molar-refractivity contribution in [1.29, 1.82) is 0 Å². The number of carbonyl (C=O) groups is 2. The highest BCUT2D eigenvalue weighted by atomic mass is 32.2. The maximum atomic E-state index is 12.5. The van der Waals surface area contributed by atoms with E-state index in [0.29, 0.717) is 11.8 Å². The van der Waals surface area contributed by atoms with E-state index in [2.05, 4.69) is 28.3 Å². The maximum Gasteiger partial charge on any atom is 0.237 e. The molecule has 2 heterocycles. The third-order valence-electron chi connectivity index (χ3n) is 3.76. The van der Waals surface area contributed by atoms with Gasteiger partial charge in [-0.05, 0) is 37.6 Å². The van der Waals surface area contributed by atoms with Crippen molar-refractivity contribution >= 4 is 51.2 Å². The second kappa shape index (κ2) is 7.84. The molecule has 1 unspecified atom stereocenters. The number of amides is 1. The number of aromatic nitrogens is 2. The summed E-state index contributed by atoms with van der Waals surface area (Å²) in [6, 6.07) is 6.36. The van der Waals surface area contributed by atoms with Gasteiger partial charge in [-0.2, -0.15) is 0 Å². The standard InChI is InChI=1S/C18H17N3O3S2/c1-3-12-7-13-17(19-9-20-18(13)26-12)25-10(2)16(24)21-14-6-11(8-22)4-5-15(14)23/h4-10,23H,3H2,1-2H3,(H,21,24). The number of phenolic OH excluding ortho intramolecular Hbond substituents is 1. The largest absolute Gasteiger partial charge is 0.506 e. The van der Waals surface area contributed by atoms with Gasteiger partial charge < -0.3 is 10.4 Å². The van der Waals surface area contributed by atoms with Gasteiger partial charge in [-0.25, -0.2) is 9.97 Å². The highest BCUT2D eigenvalue weighted by Gasteiger charge is 2.19. The number of carbonyl (C=O) groups excluding carboxylic acids is 2. The van der Waals surface area contributed by atoms with E-state index in [-0.39, 0.29) is 17.3 Å². The third kappa shape index (κ3) is 3.86. The van der Waals surface area contributed by atoms with Gasteiger partial charge in [0, 0.05) is 15.8 Å². The second-order valence-electron chi connectivity index (χ2n) is 5.61. The van der Waals surface area contributed by atoms with Gasteiger partial charge in [0.05, 0.1) is 10.9 Å². The van der Waals surface area contributed by atoms with Crippen LogP contribution >= 0.6 is 23.1 Å². The van der Waals surface area contributed by atoms with Crippen molar-refractivity contribution in [2.75, 3.05) is 5.32 Å². The Labute approximate surface area is 158 Å². The van der Waals surface area contributed by atoms with Crippen molar-refractivity contribution in [2.24, 2.45) is 0 Å². The van der Waals surface area contributed by atoms with Crippen molar-refractivity contribution in [3.05, 3.63) is 41.0 Å². The first-order valence-corrected chi connectivity index (χ1v) is 9.70. The molecule has 0 saturated heterocycles. The summed E-state index contributed by atoms with van der Waals surface area (Å²) in [7, 11) is 0. The normalized spacial score (nSPS) is 12.1. The zero-order chi connectivity index (χ0) is 18.7. The summed E-state index contributed by atoms with van der Waals surface area (Å²) < 4.78 is 0. The van der Waals surface area contributed by atoms with Crippen LogP contribution in [0.2, 0.25) is 0 Å². The van der Waals surface area contributed by atoms with Gasteiger partial charge in [-0.3, -0.25) is 9.59 Å². The van der Waals surface area contributed by atoms with Crippen molar-refractivity contribution in [2.45, 2.75) is 30.5 Å². The summed E-state index contributed by atoms with van der Waals surface area (Å²) in [6.45, 7) is 3.85. The lowest BCUT2D eigenvalue weighted by Crippen LogP contribution is -2.22. The minimum Gasteiger partial charge on any atom is -0.506 e. The highest BCUT2D eigenvalue weighted by molar-refractivity contribution is 8.00. The van der Waals surface area contributed by atoms with Gasteiger partial charge >= 0.3 is 0 Å². The summed E-state index contributed by atoms with van der Waals surface area (Å²) in [5.41, 5.74) is 0.588. The number of hydrogen-bond donors (Lipinski definition) is 2. The predicted octanol–water partition coefficient (Wildman–Crippen LogP) is 3.89. The van der Waals surface area contributed by atoms with Gasteiger partial charge in [0.15, 0.2) is 0 Å². The molecule has 0 spiro atoms. The van der Waals surface area contributed by atoms with E-state index in [1.165, 1.54) is 41.2 Å². The molecule has 0 bridgehead atoms. The van der Waals surface area contributed by atoms with Crippen LogP contribution in [0.15, 0.2) is 35.6 Å². The number of thioether (sulfide) groups is 1. The molecule has 0 aliphatic carbocycles. The molecule has 8 heteroatoms. The molecule has 134 valence electrons. The number of hydrogen-bond acceptors (Lipinski definition) is 7. The lowest BCUT2D eigenvalue weighted by Gasteiger charge is -2.13. The maximum absolute atomic E-state index is 12.5. The fourth-order valence-corrected chi connectivity index (χ4v) is 4.23. The van der Waals surface area contributed by atoms with Crippen LogP contribution in [0, 0.1) is 0 Å². The van der Waals surface area contributed by atoms with E-state index in [0.717, 1.165) is 21.7 Å². The smallest absolute Gasteiger partial charge is 0.237 e. The zero-order valence-corrected chi connectivity index (χ0v) is 15.9. The molecule has 1 aromatic carbocycles. The van der Waals surface area contributed by atoms with Crippen LogP contribution in [0.25, 0.3) is 10.2 Å². The Hall–Kier alpha value is -2.45. The number of phenols is 1. The van der Waals surface area contributed by atoms with E-state index in [1.54, 1.807) is 18.3 Å². The van der Waals surface area contributed by atoms with Crippen LogP contribution in [-0.2, 0) is 11.2 Å². The Balaban J connectivity index is 1.78. The first-order chi connectivity index (χ1) is 12.5. The number of anilines is 1. The molecule has 1 amide bonds. The van der Waals surface area contributed by atoms with E-state index >= 15 is 0 Å². The minimum absolute atomic E-state index is 0.0870. The molecule has 2 aromatic heterocycles. The summed E-state index contributed by atoms with van der Waals surface area (Å²) >= 11 is 2.96. The van der Waals surface area contributed by atoms with Crippen LogP contribution in [0.4, 0.5) is 5.69 Å². The Kier molecular flexibility index (Phi) is 5.53. The quantitative estimate of drug-likeness (QED) is 0.288. The summed E-state index contributed by atoms with van der Waals surface area (Å²) in [4.78, 5) is 34.1. The van der Waals surface area contributed by atoms with Gasteiger partial charge in [0.2, 0.25) is 5.91 Å². The van der Waals surface area contributed by atoms with Gasteiger partial charge in [-0.15, -0.1) is 11.3 Å². The van der Waals surface area contributed by atoms with E-state index < -0.39 is 5.25 Å². The second-order valence-corrected chi connectivity index (χ2v) is 8.05. The van der Waals surface area contributed by atoms with Crippen molar-refractivity contribution < 1.29 is 14.7 Å². The fourth-order valence-electron chi connectivity index (χ4n) is 2.33. The summed E-state index contributed by atoms with van der Waals surface area (Å²) in [5, 5.41) is 13.8. The third-order valence-corrected chi connectivity index (χ3v) is 6.07. The fraction of sp³-hybridized carbons (Fsp3) is 0.222. The van der Waals surface area contributed by atoms with Crippen LogP contribution in [0.5, 0.6) is 5.75 Å². The summed E-state index contributed by atoms with van der Waals surface area (Å²) in [6.07, 6.45) is 3.09. The van der Waals surface area contributed by atoms with Gasteiger partial charge in [0.25, 0.3) is 0 Å². The number of nitrogens with zero attached hydrogens (tertiary/aromatic N) is 2. The number of aryl methyl sites for hydroxylation is 1. The first kappa shape index (κ1) is 18.3. The van der Waals surface area contributed by atoms with Crippen LogP contribution in [0.1, 0.15) is 29.1 Å². The Morgan fingerprint density at radius 2 is 2.19 bits per heavy atom. The topological polar surface area (TPSA) is 92.2 Å². The van der Waals surface area contributed by atoms with Crippen molar-refractivity contribution in [3.63, 3.8) is 0 Å². The molecule has 0 aliphatic rings. The van der Waals surface area contributed by atoms with Gasteiger partial charge in [0.1, 0.15) is 28.2 Å². The van der Waals surface area contributed by atoms with E-state index in [4.69, 9.17) is 0 Å². The van der Waals surface area contributed by atoms with E-state index in [9.17, 15) is 14.7 Å². The molecular formula is C18H17N3O3S2. The minimum atomic E-state index is -0.447. The highest BCUT2D eigenvalue weighted by Crippen LogP contribution is 2.33. The molecule has 3 rings (SSSR count). The predicted molar refractivity (Wildman–Crippen MR) is 104 cm³/mol. The first-order valence-electron chi connectivity index (χ1n) is 8.01. The molecular weight excluding hydrogens is 370 g/mol. The van der Waals surface area contributed by atoms with Crippen LogP contribution < -0.4 is 5.32 Å². The zero-order valence-electron chi connectivity index (χ0n) is 14.2. The Morgan fingerprint density at radius 3 is 2.92 bits per heavy atom. The number of thiophene rings is 1. The lowest BCUT2D eigenvalue weighted by molar-refractivity contribution is -0.115. The average Bonchev–Trinajstić information content (AvgIpc) is 3.08. The summed E-state index contributed by atoms with van der Waals surface area (Å²) in [5.74, 6) is -0.373. The van der Waals surface area contributed by atoms with Gasteiger partial charge in [-0.1, -0.05) is 18.7 Å².